The van der Waals surface area contributed by atoms with Gasteiger partial charge in [0.15, 0.2) is 0 Å². The van der Waals surface area contributed by atoms with Crippen LogP contribution >= 0.6 is 0 Å². The summed E-state index contributed by atoms with van der Waals surface area (Å²) in [5.41, 5.74) is 0.793. The van der Waals surface area contributed by atoms with E-state index >= 15 is 0 Å². The van der Waals surface area contributed by atoms with Crippen molar-refractivity contribution < 1.29 is 14.6 Å². The largest absolute Gasteiger partial charge is 0.507 e. The third-order valence-corrected chi connectivity index (χ3v) is 2.31. The zero-order chi connectivity index (χ0) is 14.3. The van der Waals surface area contributed by atoms with Crippen LogP contribution < -0.4 is 0 Å². The van der Waals surface area contributed by atoms with Crippen LogP contribution in [0.2, 0.25) is 0 Å². The average Bonchev–Trinajstić information content (AvgIpc) is 2.37. The monoisotopic (exact) mass is 256 g/mol. The molecule has 0 aliphatic carbocycles. The maximum Gasteiger partial charge on any atom is 0.341 e. The SMILES string of the molecule is COC(=O)c1c(O)cccc1CC#CC#CC(C)C. The molecule has 0 fully saturated rings. The summed E-state index contributed by atoms with van der Waals surface area (Å²) in [7, 11) is 1.28. The quantitative estimate of drug-likeness (QED) is 0.653. The molecular weight excluding hydrogens is 240 g/mol. The molecule has 3 nitrogen and oxygen atoms in total. The van der Waals surface area contributed by atoms with Crippen molar-refractivity contribution in [1.29, 1.82) is 0 Å². The Hall–Kier alpha value is -2.39. The predicted octanol–water partition coefficient (Wildman–Crippen LogP) is 2.38. The number of aromatic hydroxyl groups is 1. The Bertz CT molecular complexity index is 577. The number of carbonyl (C=O) groups is 1. The van der Waals surface area contributed by atoms with E-state index < -0.39 is 5.97 Å². The Balaban J connectivity index is 2.94. The summed E-state index contributed by atoms with van der Waals surface area (Å²) in [5.74, 6) is 10.9. The second-order valence-electron chi connectivity index (χ2n) is 4.21. The molecule has 0 saturated carbocycles. The van der Waals surface area contributed by atoms with Crippen molar-refractivity contribution in [1.82, 2.24) is 0 Å². The third kappa shape index (κ3) is 4.41. The van der Waals surface area contributed by atoms with Gasteiger partial charge < -0.3 is 9.84 Å². The van der Waals surface area contributed by atoms with Gasteiger partial charge in [0.25, 0.3) is 0 Å². The fourth-order valence-electron chi connectivity index (χ4n) is 1.44. The molecule has 1 N–H and O–H groups in total. The highest BCUT2D eigenvalue weighted by Crippen LogP contribution is 2.22. The summed E-state index contributed by atoms with van der Waals surface area (Å²) >= 11 is 0. The van der Waals surface area contributed by atoms with Crippen LogP contribution in [0.5, 0.6) is 5.75 Å². The Morgan fingerprint density at radius 2 is 2.11 bits per heavy atom. The Labute approximate surface area is 113 Å². The number of hydrogen-bond acceptors (Lipinski definition) is 3. The van der Waals surface area contributed by atoms with Gasteiger partial charge in [-0.15, -0.1) is 0 Å². The molecule has 0 spiro atoms. The van der Waals surface area contributed by atoms with Crippen LogP contribution in [0.3, 0.4) is 0 Å². The number of phenolic OH excluding ortho intramolecular Hbond substituents is 1. The first-order valence-electron chi connectivity index (χ1n) is 5.93. The van der Waals surface area contributed by atoms with Gasteiger partial charge in [0.05, 0.1) is 7.11 Å². The zero-order valence-corrected chi connectivity index (χ0v) is 11.3. The highest BCUT2D eigenvalue weighted by atomic mass is 16.5. The summed E-state index contributed by atoms with van der Waals surface area (Å²) in [5, 5.41) is 9.69. The summed E-state index contributed by atoms with van der Waals surface area (Å²) < 4.78 is 4.64. The highest BCUT2D eigenvalue weighted by molar-refractivity contribution is 5.94. The minimum atomic E-state index is -0.567. The van der Waals surface area contributed by atoms with E-state index in [-0.39, 0.29) is 17.2 Å². The van der Waals surface area contributed by atoms with Crippen molar-refractivity contribution in [3.05, 3.63) is 29.3 Å². The van der Waals surface area contributed by atoms with E-state index in [0.29, 0.717) is 12.0 Å². The molecule has 0 aliphatic heterocycles. The molecule has 98 valence electrons. The van der Waals surface area contributed by atoms with E-state index in [4.69, 9.17) is 0 Å². The first-order chi connectivity index (χ1) is 9.06. The number of hydrogen-bond donors (Lipinski definition) is 1. The molecule has 1 aromatic rings. The van der Waals surface area contributed by atoms with E-state index in [0.717, 1.165) is 0 Å². The molecule has 0 atom stereocenters. The predicted molar refractivity (Wildman–Crippen MR) is 73.5 cm³/mol. The van der Waals surface area contributed by atoms with Crippen molar-refractivity contribution in [2.75, 3.05) is 7.11 Å². The summed E-state index contributed by atoms with van der Waals surface area (Å²) in [4.78, 5) is 11.6. The molecule has 0 saturated heterocycles. The second kappa shape index (κ2) is 7.13. The minimum absolute atomic E-state index is 0.0978. The maximum absolute atomic E-state index is 11.6. The van der Waals surface area contributed by atoms with Crippen LogP contribution in [0.25, 0.3) is 0 Å². The normalized spacial score (nSPS) is 9.05. The summed E-state index contributed by atoms with van der Waals surface area (Å²) in [6.45, 7) is 3.97. The first kappa shape index (κ1) is 14.7. The fraction of sp³-hybridized carbons (Fsp3) is 0.312. The molecule has 0 aliphatic rings. The number of phenols is 1. The molecule has 0 heterocycles. The molecule has 0 radical (unpaired) electrons. The zero-order valence-electron chi connectivity index (χ0n) is 11.3. The van der Waals surface area contributed by atoms with Crippen LogP contribution in [0, 0.1) is 29.6 Å². The Morgan fingerprint density at radius 1 is 1.37 bits per heavy atom. The van der Waals surface area contributed by atoms with Crippen molar-refractivity contribution in [3.8, 4) is 29.4 Å². The number of ether oxygens (including phenoxy) is 1. The van der Waals surface area contributed by atoms with E-state index in [1.807, 2.05) is 13.8 Å². The molecule has 1 aromatic carbocycles. The van der Waals surface area contributed by atoms with Gasteiger partial charge in [-0.3, -0.25) is 0 Å². The second-order valence-corrected chi connectivity index (χ2v) is 4.21. The standard InChI is InChI=1S/C16H16O3/c1-12(2)8-5-4-6-9-13-10-7-11-14(17)15(13)16(18)19-3/h7,10-12,17H,9H2,1-3H3. The number of rotatable bonds is 2. The van der Waals surface area contributed by atoms with Crippen LogP contribution in [-0.2, 0) is 11.2 Å². The van der Waals surface area contributed by atoms with E-state index in [1.54, 1.807) is 12.1 Å². The highest BCUT2D eigenvalue weighted by Gasteiger charge is 2.15. The lowest BCUT2D eigenvalue weighted by molar-refractivity contribution is 0.0596. The van der Waals surface area contributed by atoms with Crippen LogP contribution in [-0.4, -0.2) is 18.2 Å². The molecule has 1 rings (SSSR count). The van der Waals surface area contributed by atoms with Gasteiger partial charge in [0.1, 0.15) is 11.3 Å². The molecule has 3 heteroatoms. The van der Waals surface area contributed by atoms with E-state index in [1.165, 1.54) is 13.2 Å². The topological polar surface area (TPSA) is 46.5 Å². The summed E-state index contributed by atoms with van der Waals surface area (Å²) in [6, 6.07) is 4.84. The van der Waals surface area contributed by atoms with Gasteiger partial charge in [-0.25, -0.2) is 4.79 Å². The average molecular weight is 256 g/mol. The van der Waals surface area contributed by atoms with Crippen molar-refractivity contribution in [2.45, 2.75) is 20.3 Å². The van der Waals surface area contributed by atoms with Gasteiger partial charge in [-0.1, -0.05) is 37.8 Å². The first-order valence-corrected chi connectivity index (χ1v) is 5.93. The lowest BCUT2D eigenvalue weighted by Crippen LogP contribution is -2.05. The minimum Gasteiger partial charge on any atom is -0.507 e. The van der Waals surface area contributed by atoms with Gasteiger partial charge in [-0.2, -0.15) is 0 Å². The molecule has 0 unspecified atom stereocenters. The van der Waals surface area contributed by atoms with Crippen LogP contribution in [0.15, 0.2) is 18.2 Å². The lowest BCUT2D eigenvalue weighted by atomic mass is 10.0. The molecule has 0 amide bonds. The van der Waals surface area contributed by atoms with Crippen LogP contribution in [0.4, 0.5) is 0 Å². The van der Waals surface area contributed by atoms with Crippen molar-refractivity contribution in [2.24, 2.45) is 5.92 Å². The van der Waals surface area contributed by atoms with Gasteiger partial charge in [0.2, 0.25) is 0 Å². The van der Waals surface area contributed by atoms with Crippen molar-refractivity contribution >= 4 is 5.97 Å². The molecular formula is C16H16O3. The van der Waals surface area contributed by atoms with Crippen molar-refractivity contribution in [3.63, 3.8) is 0 Å². The third-order valence-electron chi connectivity index (χ3n) is 2.31. The molecule has 19 heavy (non-hydrogen) atoms. The summed E-state index contributed by atoms with van der Waals surface area (Å²) in [6.07, 6.45) is 0.339. The number of esters is 1. The number of methoxy groups -OCH3 is 1. The number of carbonyl (C=O) groups excluding carboxylic acids is 1. The van der Waals surface area contributed by atoms with Gasteiger partial charge >= 0.3 is 5.97 Å². The Morgan fingerprint density at radius 3 is 2.74 bits per heavy atom. The van der Waals surface area contributed by atoms with Crippen LogP contribution in [0.1, 0.15) is 29.8 Å². The van der Waals surface area contributed by atoms with Gasteiger partial charge in [0, 0.05) is 12.3 Å². The maximum atomic E-state index is 11.6. The fourth-order valence-corrected chi connectivity index (χ4v) is 1.44. The van der Waals surface area contributed by atoms with E-state index in [2.05, 4.69) is 28.4 Å². The lowest BCUT2D eigenvalue weighted by Gasteiger charge is -2.06. The van der Waals surface area contributed by atoms with Gasteiger partial charge in [-0.05, 0) is 23.5 Å². The number of benzene rings is 1. The smallest absolute Gasteiger partial charge is 0.341 e. The Kier molecular flexibility index (Phi) is 5.51. The molecule has 0 bridgehead atoms. The molecule has 0 aromatic heterocycles. The van der Waals surface area contributed by atoms with E-state index in [9.17, 15) is 9.90 Å².